The monoisotopic (exact) mass is 480 g/mol. The van der Waals surface area contributed by atoms with Crippen LogP contribution in [0, 0.1) is 17.8 Å². The number of benzene rings is 1. The van der Waals surface area contributed by atoms with Crippen LogP contribution in [0.4, 0.5) is 0 Å². The number of hydrogen-bond acceptors (Lipinski definition) is 6. The predicted molar refractivity (Wildman–Crippen MR) is 127 cm³/mol. The van der Waals surface area contributed by atoms with Gasteiger partial charge in [-0.2, -0.15) is 0 Å². The van der Waals surface area contributed by atoms with E-state index in [1.807, 2.05) is 32.1 Å². The van der Waals surface area contributed by atoms with Crippen LogP contribution in [0.2, 0.25) is 5.02 Å². The molecule has 1 aliphatic carbocycles. The summed E-state index contributed by atoms with van der Waals surface area (Å²) in [5, 5.41) is 21.4. The highest BCUT2D eigenvalue weighted by Gasteiger charge is 2.43. The normalized spacial score (nSPS) is 28.5. The van der Waals surface area contributed by atoms with E-state index in [-0.39, 0.29) is 36.6 Å². The van der Waals surface area contributed by atoms with Crippen molar-refractivity contribution in [3.63, 3.8) is 0 Å². The first kappa shape index (κ1) is 26.0. The molecule has 1 aliphatic heterocycles. The van der Waals surface area contributed by atoms with Gasteiger partial charge >= 0.3 is 5.97 Å². The molecule has 2 aliphatic rings. The van der Waals surface area contributed by atoms with Gasteiger partial charge in [-0.3, -0.25) is 4.79 Å². The van der Waals surface area contributed by atoms with Gasteiger partial charge in [-0.1, -0.05) is 35.9 Å². The summed E-state index contributed by atoms with van der Waals surface area (Å²) in [4.78, 5) is 11.7. The number of rotatable bonds is 10. The highest BCUT2D eigenvalue weighted by Crippen LogP contribution is 2.42. The van der Waals surface area contributed by atoms with Crippen molar-refractivity contribution in [1.29, 1.82) is 0 Å². The number of halogens is 1. The van der Waals surface area contributed by atoms with E-state index in [0.717, 1.165) is 25.7 Å². The van der Waals surface area contributed by atoms with Crippen molar-refractivity contribution < 1.29 is 29.2 Å². The number of carbonyl (C=O) groups is 1. The molecule has 0 amide bonds. The molecule has 1 aromatic carbocycles. The summed E-state index contributed by atoms with van der Waals surface area (Å²) in [7, 11) is 0. The summed E-state index contributed by atoms with van der Waals surface area (Å²) in [6, 6.07) is 7.15. The zero-order valence-electron chi connectivity index (χ0n) is 19.6. The lowest BCUT2D eigenvalue weighted by molar-refractivity contribution is -0.147. The molecule has 0 spiro atoms. The molecule has 0 aromatic heterocycles. The Labute approximate surface area is 201 Å². The van der Waals surface area contributed by atoms with E-state index < -0.39 is 12.2 Å². The van der Waals surface area contributed by atoms with E-state index in [1.165, 1.54) is 0 Å². The molecule has 2 N–H and O–H groups in total. The van der Waals surface area contributed by atoms with E-state index in [9.17, 15) is 15.0 Å². The standard InChI is InChI=1S/C26H37ClO6/c1-17(2)33-26(30)9-5-6-18-10-12-21-20(23(29)14-25(21)31-15-18)13-11-19(28)16-32-24-8-4-3-7-22(24)27/h3-4,7-8,11,13,17-21,23,25,28-29H,5-6,9-10,12,14-16H2,1-2H3/b13-11+/t18-,19+,20+,21+,23+,25-/m0/s1. The number of aliphatic hydroxyl groups excluding tert-OH is 2. The lowest BCUT2D eigenvalue weighted by atomic mass is 9.86. The number of hydrogen-bond donors (Lipinski definition) is 2. The molecule has 2 fully saturated rings. The van der Waals surface area contributed by atoms with Crippen molar-refractivity contribution in [3.05, 3.63) is 41.4 Å². The van der Waals surface area contributed by atoms with Crippen molar-refractivity contribution in [3.8, 4) is 5.75 Å². The summed E-state index contributed by atoms with van der Waals surface area (Å²) in [5.74, 6) is 0.988. The van der Waals surface area contributed by atoms with Gasteiger partial charge in [-0.25, -0.2) is 0 Å². The summed E-state index contributed by atoms with van der Waals surface area (Å²) in [6.07, 6.45) is 7.08. The van der Waals surface area contributed by atoms with Crippen LogP contribution in [-0.2, 0) is 14.3 Å². The average molecular weight is 481 g/mol. The van der Waals surface area contributed by atoms with Crippen LogP contribution in [0.1, 0.15) is 52.4 Å². The van der Waals surface area contributed by atoms with Gasteiger partial charge in [0.15, 0.2) is 0 Å². The van der Waals surface area contributed by atoms with E-state index in [1.54, 1.807) is 18.2 Å². The molecule has 1 heterocycles. The quantitative estimate of drug-likeness (QED) is 0.377. The Balaban J connectivity index is 1.46. The molecule has 7 heteroatoms. The molecule has 6 atom stereocenters. The largest absolute Gasteiger partial charge is 0.489 e. The van der Waals surface area contributed by atoms with Crippen LogP contribution in [0.25, 0.3) is 0 Å². The van der Waals surface area contributed by atoms with Gasteiger partial charge in [0.25, 0.3) is 0 Å². The van der Waals surface area contributed by atoms with E-state index in [4.69, 9.17) is 25.8 Å². The summed E-state index contributed by atoms with van der Waals surface area (Å²) >= 11 is 6.08. The van der Waals surface area contributed by atoms with Gasteiger partial charge in [0.2, 0.25) is 0 Å². The van der Waals surface area contributed by atoms with E-state index >= 15 is 0 Å². The zero-order valence-corrected chi connectivity index (χ0v) is 20.3. The molecule has 1 saturated carbocycles. The van der Waals surface area contributed by atoms with Crippen LogP contribution >= 0.6 is 11.6 Å². The minimum atomic E-state index is -0.794. The highest BCUT2D eigenvalue weighted by atomic mass is 35.5. The second-order valence-electron chi connectivity index (χ2n) is 9.48. The van der Waals surface area contributed by atoms with Gasteiger partial charge in [0.1, 0.15) is 18.5 Å². The predicted octanol–water partition coefficient (Wildman–Crippen LogP) is 4.55. The summed E-state index contributed by atoms with van der Waals surface area (Å²) in [6.45, 7) is 4.48. The third kappa shape index (κ3) is 7.99. The molecule has 1 saturated heterocycles. The van der Waals surface area contributed by atoms with Crippen molar-refractivity contribution in [2.45, 2.75) is 76.8 Å². The van der Waals surface area contributed by atoms with Crippen LogP contribution in [0.5, 0.6) is 5.75 Å². The van der Waals surface area contributed by atoms with E-state index in [2.05, 4.69) is 0 Å². The first-order valence-electron chi connectivity index (χ1n) is 12.1. The number of carbonyl (C=O) groups excluding carboxylic acids is 1. The number of ether oxygens (including phenoxy) is 3. The zero-order chi connectivity index (χ0) is 23.8. The Morgan fingerprint density at radius 2 is 2.09 bits per heavy atom. The highest BCUT2D eigenvalue weighted by molar-refractivity contribution is 6.32. The summed E-state index contributed by atoms with van der Waals surface area (Å²) in [5.41, 5.74) is 0. The minimum absolute atomic E-state index is 0.0297. The number of aliphatic hydroxyl groups is 2. The second-order valence-corrected chi connectivity index (χ2v) is 9.89. The first-order chi connectivity index (χ1) is 15.8. The minimum Gasteiger partial charge on any atom is -0.489 e. The molecule has 0 bridgehead atoms. The maximum Gasteiger partial charge on any atom is 0.306 e. The van der Waals surface area contributed by atoms with Gasteiger partial charge < -0.3 is 24.4 Å². The van der Waals surface area contributed by atoms with Crippen LogP contribution in [0.3, 0.4) is 0 Å². The van der Waals surface area contributed by atoms with Gasteiger partial charge in [0, 0.05) is 25.4 Å². The van der Waals surface area contributed by atoms with Crippen LogP contribution < -0.4 is 4.74 Å². The van der Waals surface area contributed by atoms with Crippen LogP contribution in [-0.4, -0.2) is 53.8 Å². The van der Waals surface area contributed by atoms with E-state index in [0.29, 0.717) is 36.1 Å². The third-order valence-electron chi connectivity index (χ3n) is 6.51. The fourth-order valence-corrected chi connectivity index (χ4v) is 5.04. The Hall–Kier alpha value is -1.60. The lowest BCUT2D eigenvalue weighted by Gasteiger charge is -2.21. The van der Waals surface area contributed by atoms with Crippen molar-refractivity contribution in [2.75, 3.05) is 13.2 Å². The third-order valence-corrected chi connectivity index (χ3v) is 6.82. The Morgan fingerprint density at radius 3 is 2.85 bits per heavy atom. The maximum absolute atomic E-state index is 11.7. The first-order valence-corrected chi connectivity index (χ1v) is 12.4. The Morgan fingerprint density at radius 1 is 1.30 bits per heavy atom. The van der Waals surface area contributed by atoms with Crippen molar-refractivity contribution >= 4 is 17.6 Å². The molecular formula is C26H37ClO6. The van der Waals surface area contributed by atoms with Crippen molar-refractivity contribution in [2.24, 2.45) is 17.8 Å². The SMILES string of the molecule is CC(C)OC(=O)CCC[C@H]1CC[C@@H]2[C@@H](/C=C/[C@@H](O)COc3ccccc3Cl)[C@H](O)C[C@@H]2OC1. The average Bonchev–Trinajstić information content (AvgIpc) is 2.92. The number of esters is 1. The maximum atomic E-state index is 11.7. The molecule has 0 unspecified atom stereocenters. The van der Waals surface area contributed by atoms with Gasteiger partial charge in [0.05, 0.1) is 23.3 Å². The molecule has 184 valence electrons. The molecular weight excluding hydrogens is 444 g/mol. The Kier molecular flexibility index (Phi) is 10.0. The molecule has 0 radical (unpaired) electrons. The second kappa shape index (κ2) is 12.7. The topological polar surface area (TPSA) is 85.2 Å². The molecule has 6 nitrogen and oxygen atoms in total. The number of fused-ring (bicyclic) bond motifs is 1. The Bertz CT molecular complexity index is 782. The molecule has 33 heavy (non-hydrogen) atoms. The summed E-state index contributed by atoms with van der Waals surface area (Å²) < 4.78 is 17.0. The number of para-hydroxylation sites is 1. The van der Waals surface area contributed by atoms with Gasteiger partial charge in [-0.05, 0) is 63.5 Å². The molecule has 3 rings (SSSR count). The van der Waals surface area contributed by atoms with Crippen molar-refractivity contribution in [1.82, 2.24) is 0 Å². The van der Waals surface area contributed by atoms with Crippen LogP contribution in [0.15, 0.2) is 36.4 Å². The smallest absolute Gasteiger partial charge is 0.306 e. The van der Waals surface area contributed by atoms with Gasteiger partial charge in [-0.15, -0.1) is 0 Å². The fourth-order valence-electron chi connectivity index (χ4n) is 4.85. The molecule has 1 aromatic rings. The fraction of sp³-hybridized carbons (Fsp3) is 0.654. The lowest BCUT2D eigenvalue weighted by Crippen LogP contribution is -2.22.